The van der Waals surface area contributed by atoms with Gasteiger partial charge in [-0.2, -0.15) is 0 Å². The minimum absolute atomic E-state index is 0.175. The molecule has 0 radical (unpaired) electrons. The van der Waals surface area contributed by atoms with Gasteiger partial charge in [0.1, 0.15) is 5.82 Å². The molecule has 0 saturated heterocycles. The third-order valence-corrected chi connectivity index (χ3v) is 3.98. The zero-order valence-electron chi connectivity index (χ0n) is 12.4. The van der Waals surface area contributed by atoms with Crippen LogP contribution in [0.4, 0.5) is 10.1 Å². The second-order valence-electron chi connectivity index (χ2n) is 4.93. The zero-order valence-corrected chi connectivity index (χ0v) is 14.7. The van der Waals surface area contributed by atoms with E-state index in [1.54, 1.807) is 18.2 Å². The van der Waals surface area contributed by atoms with Crippen molar-refractivity contribution in [3.8, 4) is 0 Å². The fraction of sp³-hybridized carbons (Fsp3) is 0.125. The lowest BCUT2D eigenvalue weighted by molar-refractivity contribution is -0.116. The summed E-state index contributed by atoms with van der Waals surface area (Å²) in [5.41, 5.74) is 0.0785. The molecule has 0 heterocycles. The van der Waals surface area contributed by atoms with Gasteiger partial charge in [-0.1, -0.05) is 40.9 Å². The summed E-state index contributed by atoms with van der Waals surface area (Å²) < 4.78 is 13.8. The standard InChI is InChI=1S/C16H12Cl3FN2O2/c1-22(16(24)10-6-5-9(17)7-13(10)20)8-14(23)21-15-11(18)3-2-4-12(15)19/h2-7H,8H2,1H3,(H,21,23). The molecular weight excluding hydrogens is 378 g/mol. The number of carbonyl (C=O) groups excluding carboxylic acids is 2. The Balaban J connectivity index is 2.07. The van der Waals surface area contributed by atoms with Crippen molar-refractivity contribution >= 4 is 52.3 Å². The number of carbonyl (C=O) groups is 2. The van der Waals surface area contributed by atoms with Crippen LogP contribution in [-0.2, 0) is 4.79 Å². The van der Waals surface area contributed by atoms with Crippen LogP contribution in [0.1, 0.15) is 10.4 Å². The molecule has 2 rings (SSSR count). The first-order chi connectivity index (χ1) is 11.3. The molecule has 0 aliphatic rings. The van der Waals surface area contributed by atoms with E-state index in [-0.39, 0.29) is 32.9 Å². The van der Waals surface area contributed by atoms with Crippen LogP contribution < -0.4 is 5.32 Å². The Morgan fingerprint density at radius 3 is 2.33 bits per heavy atom. The number of benzene rings is 2. The van der Waals surface area contributed by atoms with Gasteiger partial charge in [0.05, 0.1) is 27.8 Å². The Morgan fingerprint density at radius 1 is 1.12 bits per heavy atom. The van der Waals surface area contributed by atoms with Crippen molar-refractivity contribution in [2.24, 2.45) is 0 Å². The summed E-state index contributed by atoms with van der Waals surface area (Å²) in [4.78, 5) is 25.4. The van der Waals surface area contributed by atoms with Crippen LogP contribution in [0.2, 0.25) is 15.1 Å². The van der Waals surface area contributed by atoms with Gasteiger partial charge in [-0.05, 0) is 30.3 Å². The number of amides is 2. The van der Waals surface area contributed by atoms with Crippen molar-refractivity contribution in [1.82, 2.24) is 4.90 Å². The van der Waals surface area contributed by atoms with Crippen LogP contribution in [0.15, 0.2) is 36.4 Å². The molecular formula is C16H12Cl3FN2O2. The van der Waals surface area contributed by atoms with Gasteiger partial charge in [0.25, 0.3) is 5.91 Å². The average Bonchev–Trinajstić information content (AvgIpc) is 2.50. The van der Waals surface area contributed by atoms with E-state index in [2.05, 4.69) is 5.32 Å². The number of hydrogen-bond acceptors (Lipinski definition) is 2. The molecule has 2 aromatic carbocycles. The minimum atomic E-state index is -0.756. The lowest BCUT2D eigenvalue weighted by Crippen LogP contribution is -2.35. The van der Waals surface area contributed by atoms with Crippen LogP contribution in [0.3, 0.4) is 0 Å². The Labute approximate surface area is 153 Å². The molecule has 0 spiro atoms. The highest BCUT2D eigenvalue weighted by Gasteiger charge is 2.19. The topological polar surface area (TPSA) is 49.4 Å². The molecule has 126 valence electrons. The highest BCUT2D eigenvalue weighted by atomic mass is 35.5. The van der Waals surface area contributed by atoms with Crippen molar-refractivity contribution in [3.63, 3.8) is 0 Å². The molecule has 0 atom stereocenters. The molecule has 1 N–H and O–H groups in total. The number of para-hydroxylation sites is 1. The zero-order chi connectivity index (χ0) is 17.9. The SMILES string of the molecule is CN(CC(=O)Nc1c(Cl)cccc1Cl)C(=O)c1ccc(Cl)cc1F. The van der Waals surface area contributed by atoms with Crippen molar-refractivity contribution in [3.05, 3.63) is 62.8 Å². The van der Waals surface area contributed by atoms with Gasteiger partial charge in [-0.3, -0.25) is 9.59 Å². The third kappa shape index (κ3) is 4.38. The van der Waals surface area contributed by atoms with E-state index in [4.69, 9.17) is 34.8 Å². The van der Waals surface area contributed by atoms with Gasteiger partial charge >= 0.3 is 0 Å². The molecule has 0 unspecified atom stereocenters. The number of rotatable bonds is 4. The number of hydrogen-bond donors (Lipinski definition) is 1. The molecule has 2 amide bonds. The van der Waals surface area contributed by atoms with Gasteiger partial charge in [-0.25, -0.2) is 4.39 Å². The quantitative estimate of drug-likeness (QED) is 0.837. The largest absolute Gasteiger partial charge is 0.332 e. The first kappa shape index (κ1) is 18.5. The van der Waals surface area contributed by atoms with Crippen LogP contribution in [0.25, 0.3) is 0 Å². The Bertz CT molecular complexity index is 779. The number of anilines is 1. The summed E-state index contributed by atoms with van der Waals surface area (Å²) >= 11 is 17.6. The monoisotopic (exact) mass is 388 g/mol. The molecule has 2 aromatic rings. The molecule has 8 heteroatoms. The minimum Gasteiger partial charge on any atom is -0.332 e. The second-order valence-corrected chi connectivity index (χ2v) is 6.18. The summed E-state index contributed by atoms with van der Waals surface area (Å²) in [6.45, 7) is -0.303. The number of nitrogens with one attached hydrogen (secondary N) is 1. The third-order valence-electron chi connectivity index (χ3n) is 3.12. The van der Waals surface area contributed by atoms with Gasteiger partial charge in [-0.15, -0.1) is 0 Å². The van der Waals surface area contributed by atoms with Crippen molar-refractivity contribution in [2.45, 2.75) is 0 Å². The van der Waals surface area contributed by atoms with Crippen LogP contribution in [0, 0.1) is 5.82 Å². The van der Waals surface area contributed by atoms with Crippen molar-refractivity contribution in [1.29, 1.82) is 0 Å². The van der Waals surface area contributed by atoms with E-state index < -0.39 is 17.6 Å². The predicted molar refractivity (Wildman–Crippen MR) is 93.5 cm³/mol. The molecule has 4 nitrogen and oxygen atoms in total. The van der Waals surface area contributed by atoms with E-state index in [0.717, 1.165) is 11.0 Å². The second kappa shape index (κ2) is 7.83. The maximum atomic E-state index is 13.8. The lowest BCUT2D eigenvalue weighted by Gasteiger charge is -2.18. The number of nitrogens with zero attached hydrogens (tertiary/aromatic N) is 1. The first-order valence-corrected chi connectivity index (χ1v) is 7.87. The summed E-state index contributed by atoms with van der Waals surface area (Å²) in [5, 5.41) is 3.25. The number of likely N-dealkylation sites (N-methyl/N-ethyl adjacent to an activating group) is 1. The van der Waals surface area contributed by atoms with Crippen molar-refractivity contribution < 1.29 is 14.0 Å². The molecule has 0 aromatic heterocycles. The smallest absolute Gasteiger partial charge is 0.257 e. The van der Waals surface area contributed by atoms with E-state index in [0.29, 0.717) is 0 Å². The van der Waals surface area contributed by atoms with Gasteiger partial charge in [0, 0.05) is 12.1 Å². The van der Waals surface area contributed by atoms with Gasteiger partial charge < -0.3 is 10.2 Å². The summed E-state index contributed by atoms with van der Waals surface area (Å²) in [5.74, 6) is -1.92. The summed E-state index contributed by atoms with van der Waals surface area (Å²) in [6.07, 6.45) is 0. The maximum absolute atomic E-state index is 13.8. The fourth-order valence-electron chi connectivity index (χ4n) is 1.95. The van der Waals surface area contributed by atoms with E-state index in [1.165, 1.54) is 19.2 Å². The maximum Gasteiger partial charge on any atom is 0.257 e. The van der Waals surface area contributed by atoms with Crippen LogP contribution >= 0.6 is 34.8 Å². The summed E-state index contributed by atoms with van der Waals surface area (Å²) in [6, 6.07) is 8.47. The highest BCUT2D eigenvalue weighted by Crippen LogP contribution is 2.29. The predicted octanol–water partition coefficient (Wildman–Crippen LogP) is 4.50. The lowest BCUT2D eigenvalue weighted by atomic mass is 10.2. The van der Waals surface area contributed by atoms with E-state index in [9.17, 15) is 14.0 Å². The van der Waals surface area contributed by atoms with E-state index in [1.807, 2.05) is 0 Å². The van der Waals surface area contributed by atoms with Crippen molar-refractivity contribution in [2.75, 3.05) is 18.9 Å². The molecule has 0 bridgehead atoms. The molecule has 0 aliphatic heterocycles. The average molecular weight is 390 g/mol. The molecule has 0 fully saturated rings. The van der Waals surface area contributed by atoms with Crippen LogP contribution in [0.5, 0.6) is 0 Å². The Morgan fingerprint density at radius 2 is 1.75 bits per heavy atom. The Hall–Kier alpha value is -1.82. The number of halogens is 4. The molecule has 0 saturated carbocycles. The summed E-state index contributed by atoms with van der Waals surface area (Å²) in [7, 11) is 1.38. The normalized spacial score (nSPS) is 10.4. The highest BCUT2D eigenvalue weighted by molar-refractivity contribution is 6.39. The van der Waals surface area contributed by atoms with Crippen LogP contribution in [-0.4, -0.2) is 30.3 Å². The van der Waals surface area contributed by atoms with Gasteiger partial charge in [0.2, 0.25) is 5.91 Å². The molecule has 24 heavy (non-hydrogen) atoms. The van der Waals surface area contributed by atoms with E-state index >= 15 is 0 Å². The first-order valence-electron chi connectivity index (χ1n) is 6.74. The van der Waals surface area contributed by atoms with Gasteiger partial charge in [0.15, 0.2) is 0 Å². The fourth-order valence-corrected chi connectivity index (χ4v) is 2.60. The molecule has 0 aliphatic carbocycles. The Kier molecular flexibility index (Phi) is 6.04.